The van der Waals surface area contributed by atoms with Crippen molar-refractivity contribution in [2.45, 2.75) is 26.7 Å². The van der Waals surface area contributed by atoms with Crippen LogP contribution < -0.4 is 16.0 Å². The molecule has 1 atom stereocenters. The number of nitrogens with one attached hydrogen (secondary N) is 3. The van der Waals surface area contributed by atoms with Crippen LogP contribution in [-0.4, -0.2) is 90.6 Å². The van der Waals surface area contributed by atoms with Crippen molar-refractivity contribution < 1.29 is 19.1 Å². The minimum Gasteiger partial charge on any atom is -0.398 e. The number of carbonyl (C=O) groups excluding carboxylic acids is 3. The number of benzene rings is 2. The van der Waals surface area contributed by atoms with E-state index in [2.05, 4.69) is 21.3 Å². The molecule has 5 rings (SSSR count). The molecule has 3 heterocycles. The van der Waals surface area contributed by atoms with Gasteiger partial charge in [-0.15, -0.1) is 11.3 Å². The number of aromatic nitrogens is 1. The summed E-state index contributed by atoms with van der Waals surface area (Å²) in [6.07, 6.45) is 4.41. The third-order valence-electron chi connectivity index (χ3n) is 8.53. The van der Waals surface area contributed by atoms with Crippen molar-refractivity contribution in [3.63, 3.8) is 0 Å². The fourth-order valence-electron chi connectivity index (χ4n) is 5.89. The van der Waals surface area contributed by atoms with Gasteiger partial charge >= 0.3 is 6.09 Å². The number of aryl methyl sites for hydroxylation is 1. The van der Waals surface area contributed by atoms with Crippen LogP contribution in [0.4, 0.5) is 16.2 Å². The minimum atomic E-state index is -0.689. The summed E-state index contributed by atoms with van der Waals surface area (Å²) in [5, 5.41) is 19.8. The van der Waals surface area contributed by atoms with Crippen LogP contribution in [0.25, 0.3) is 5.57 Å². The second-order valence-corrected chi connectivity index (χ2v) is 12.8. The van der Waals surface area contributed by atoms with Gasteiger partial charge in [0, 0.05) is 61.9 Å². The number of rotatable bonds is 9. The van der Waals surface area contributed by atoms with Crippen molar-refractivity contribution in [3.05, 3.63) is 81.3 Å². The Labute approximate surface area is 278 Å². The monoisotopic (exact) mass is 656 g/mol. The molecule has 3 amide bonds. The lowest BCUT2D eigenvalue weighted by atomic mass is 9.98. The summed E-state index contributed by atoms with van der Waals surface area (Å²) in [6.45, 7) is 6.84. The standard InChI is InChI=1S/C34H40N8O4S/c1-4-42(26-9-10-28(35)27(17-26)31(36)29-18-39-21(2)47-29)33(44)25-11-14-40(19-25)20-30(43)41-15-12-23(13-16-41)22-5-7-24(8-6-22)32(37)46-34(45)38-3/h5-10,12,17-18,25,36-37H,4,11,13-16,19-20,35H2,1-3H3,(H,38,45)/t25-/m1/s1. The number of anilines is 2. The first-order valence-electron chi connectivity index (χ1n) is 15.6. The highest BCUT2D eigenvalue weighted by Gasteiger charge is 2.33. The molecule has 1 aromatic heterocycles. The van der Waals surface area contributed by atoms with Crippen molar-refractivity contribution in [2.75, 3.05) is 56.9 Å². The van der Waals surface area contributed by atoms with E-state index in [9.17, 15) is 14.4 Å². The summed E-state index contributed by atoms with van der Waals surface area (Å²) in [5.41, 5.74) is 10.9. The molecule has 2 aromatic carbocycles. The molecule has 2 aliphatic rings. The van der Waals surface area contributed by atoms with Crippen LogP contribution in [0.5, 0.6) is 0 Å². The van der Waals surface area contributed by atoms with Crippen molar-refractivity contribution in [1.82, 2.24) is 20.1 Å². The molecule has 0 radical (unpaired) electrons. The number of alkyl carbamates (subject to hydrolysis) is 1. The Morgan fingerprint density at radius 3 is 2.55 bits per heavy atom. The van der Waals surface area contributed by atoms with Gasteiger partial charge in [0.25, 0.3) is 0 Å². The molecule has 2 aliphatic heterocycles. The van der Waals surface area contributed by atoms with Crippen LogP contribution in [0.1, 0.15) is 46.3 Å². The molecule has 3 aromatic rings. The molecule has 47 heavy (non-hydrogen) atoms. The average molecular weight is 657 g/mol. The molecule has 5 N–H and O–H groups in total. The van der Waals surface area contributed by atoms with Gasteiger partial charge in [0.05, 0.1) is 28.1 Å². The highest BCUT2D eigenvalue weighted by Crippen LogP contribution is 2.29. The predicted octanol–water partition coefficient (Wildman–Crippen LogP) is 4.12. The number of ether oxygens (including phenoxy) is 1. The maximum atomic E-state index is 13.7. The summed E-state index contributed by atoms with van der Waals surface area (Å²) in [5.74, 6) is -0.412. The summed E-state index contributed by atoms with van der Waals surface area (Å²) >= 11 is 1.43. The molecule has 0 aliphatic carbocycles. The van der Waals surface area contributed by atoms with Crippen LogP contribution in [0, 0.1) is 23.7 Å². The smallest absolute Gasteiger partial charge is 0.398 e. The molecule has 0 spiro atoms. The Kier molecular flexibility index (Phi) is 10.5. The molecule has 0 unspecified atom stereocenters. The Hall–Kier alpha value is -4.88. The number of likely N-dealkylation sites (tertiary alicyclic amines) is 1. The molecule has 12 nitrogen and oxygen atoms in total. The van der Waals surface area contributed by atoms with Gasteiger partial charge in [-0.2, -0.15) is 0 Å². The highest BCUT2D eigenvalue weighted by molar-refractivity contribution is 7.13. The third-order valence-corrected chi connectivity index (χ3v) is 9.46. The van der Waals surface area contributed by atoms with E-state index in [0.29, 0.717) is 68.1 Å². The number of nitrogens with two attached hydrogens (primary N) is 1. The average Bonchev–Trinajstić information content (AvgIpc) is 3.74. The Bertz CT molecular complexity index is 1720. The normalized spacial score (nSPS) is 16.4. The lowest BCUT2D eigenvalue weighted by Crippen LogP contribution is -2.42. The number of carbonyl (C=O) groups is 3. The van der Waals surface area contributed by atoms with Crippen molar-refractivity contribution >= 4 is 57.8 Å². The zero-order valence-corrected chi connectivity index (χ0v) is 27.7. The van der Waals surface area contributed by atoms with E-state index in [1.807, 2.05) is 43.0 Å². The maximum absolute atomic E-state index is 13.7. The number of hydrogen-bond donors (Lipinski definition) is 4. The van der Waals surface area contributed by atoms with Crippen molar-refractivity contribution in [1.29, 1.82) is 10.8 Å². The molecule has 13 heteroatoms. The molecule has 0 bridgehead atoms. The van der Waals surface area contributed by atoms with E-state index in [1.165, 1.54) is 18.4 Å². The van der Waals surface area contributed by atoms with Crippen LogP contribution in [0.15, 0.2) is 54.7 Å². The number of amides is 3. The SMILES string of the molecule is CCN(C(=O)[C@@H]1CCN(CC(=O)N2CC=C(c3ccc(C(=N)OC(=O)NC)cc3)CC2)C1)c1ccc(N)c(C(=N)c2cnc(C)s2)c1. The molecule has 1 fully saturated rings. The molecule has 0 saturated carbocycles. The van der Waals surface area contributed by atoms with Crippen LogP contribution in [-0.2, 0) is 14.3 Å². The summed E-state index contributed by atoms with van der Waals surface area (Å²) < 4.78 is 4.89. The van der Waals surface area contributed by atoms with E-state index < -0.39 is 6.09 Å². The molecule has 1 saturated heterocycles. The summed E-state index contributed by atoms with van der Waals surface area (Å²) in [6, 6.07) is 12.6. The van der Waals surface area contributed by atoms with Gasteiger partial charge in [-0.1, -0.05) is 18.2 Å². The van der Waals surface area contributed by atoms with E-state index >= 15 is 0 Å². The van der Waals surface area contributed by atoms with Crippen LogP contribution in [0.2, 0.25) is 0 Å². The van der Waals surface area contributed by atoms with Gasteiger partial charge in [-0.05, 0) is 74.7 Å². The zero-order valence-electron chi connectivity index (χ0n) is 26.8. The second-order valence-electron chi connectivity index (χ2n) is 11.6. The van der Waals surface area contributed by atoms with E-state index in [4.69, 9.17) is 21.3 Å². The van der Waals surface area contributed by atoms with E-state index in [1.54, 1.807) is 29.3 Å². The largest absolute Gasteiger partial charge is 0.413 e. The van der Waals surface area contributed by atoms with Gasteiger partial charge in [0.2, 0.25) is 17.7 Å². The molecule has 246 valence electrons. The number of nitrogens with zero attached hydrogens (tertiary/aromatic N) is 4. The van der Waals surface area contributed by atoms with E-state index in [-0.39, 0.29) is 35.9 Å². The third kappa shape index (κ3) is 7.75. The first kappa shape index (κ1) is 33.5. The molecular formula is C34H40N8O4S. The number of hydrogen-bond acceptors (Lipinski definition) is 10. The fraction of sp³-hybridized carbons (Fsp3) is 0.353. The predicted molar refractivity (Wildman–Crippen MR) is 184 cm³/mol. The second kappa shape index (κ2) is 14.7. The summed E-state index contributed by atoms with van der Waals surface area (Å²) in [4.78, 5) is 48.9. The zero-order chi connectivity index (χ0) is 33.7. The topological polar surface area (TPSA) is 169 Å². The van der Waals surface area contributed by atoms with Crippen LogP contribution in [0.3, 0.4) is 0 Å². The Morgan fingerprint density at radius 2 is 1.91 bits per heavy atom. The Morgan fingerprint density at radius 1 is 1.15 bits per heavy atom. The van der Waals surface area contributed by atoms with Crippen LogP contribution >= 0.6 is 11.3 Å². The van der Waals surface area contributed by atoms with Crippen molar-refractivity contribution in [3.8, 4) is 0 Å². The van der Waals surface area contributed by atoms with Gasteiger partial charge in [-0.25, -0.2) is 9.78 Å². The van der Waals surface area contributed by atoms with Gasteiger partial charge < -0.3 is 25.6 Å². The highest BCUT2D eigenvalue weighted by atomic mass is 32.1. The summed E-state index contributed by atoms with van der Waals surface area (Å²) in [7, 11) is 1.44. The quantitative estimate of drug-likeness (QED) is 0.153. The van der Waals surface area contributed by atoms with Crippen molar-refractivity contribution in [2.24, 2.45) is 5.92 Å². The van der Waals surface area contributed by atoms with Gasteiger partial charge in [0.15, 0.2) is 0 Å². The first-order valence-corrected chi connectivity index (χ1v) is 16.4. The number of thiazole rings is 1. The number of nitrogen functional groups attached to an aromatic ring is 1. The molecular weight excluding hydrogens is 616 g/mol. The minimum absolute atomic E-state index is 0.00484. The van der Waals surface area contributed by atoms with E-state index in [0.717, 1.165) is 21.0 Å². The van der Waals surface area contributed by atoms with Gasteiger partial charge in [0.1, 0.15) is 0 Å². The van der Waals surface area contributed by atoms with Gasteiger partial charge in [-0.3, -0.25) is 25.3 Å². The first-order chi connectivity index (χ1) is 22.6. The maximum Gasteiger partial charge on any atom is 0.413 e. The Balaban J connectivity index is 1.15. The fourth-order valence-corrected chi connectivity index (χ4v) is 6.63. The lowest BCUT2D eigenvalue weighted by molar-refractivity contribution is -0.132. The lowest BCUT2D eigenvalue weighted by Gasteiger charge is -2.29.